The number of aromatic nitrogens is 2. The van der Waals surface area contributed by atoms with Crippen molar-refractivity contribution in [2.45, 2.75) is 44.2 Å². The Balaban J connectivity index is 1.66. The molecule has 0 aliphatic carbocycles. The average Bonchev–Trinajstić information content (AvgIpc) is 3.21. The van der Waals surface area contributed by atoms with Crippen molar-refractivity contribution >= 4 is 5.91 Å². The molecule has 1 saturated heterocycles. The lowest BCUT2D eigenvalue weighted by Crippen LogP contribution is -2.55. The van der Waals surface area contributed by atoms with Crippen LogP contribution in [0.3, 0.4) is 0 Å². The molecule has 0 radical (unpaired) electrons. The van der Waals surface area contributed by atoms with E-state index in [9.17, 15) is 4.79 Å². The van der Waals surface area contributed by atoms with Crippen LogP contribution in [0.2, 0.25) is 0 Å². The van der Waals surface area contributed by atoms with E-state index in [1.165, 1.54) is 5.56 Å². The van der Waals surface area contributed by atoms with E-state index in [0.717, 1.165) is 31.5 Å². The fourth-order valence-corrected chi connectivity index (χ4v) is 3.54. The van der Waals surface area contributed by atoms with Crippen LogP contribution in [0.5, 0.6) is 0 Å². The molecular weight excluding hydrogens is 326 g/mol. The molecule has 0 bridgehead atoms. The summed E-state index contributed by atoms with van der Waals surface area (Å²) in [6.45, 7) is 6.36. The number of piperidine rings is 1. The molecule has 26 heavy (non-hydrogen) atoms. The van der Waals surface area contributed by atoms with E-state index >= 15 is 0 Å². The summed E-state index contributed by atoms with van der Waals surface area (Å²) in [6.07, 6.45) is 5.03. The van der Waals surface area contributed by atoms with Gasteiger partial charge in [0.25, 0.3) is 0 Å². The van der Waals surface area contributed by atoms with Crippen LogP contribution in [-0.2, 0) is 10.3 Å². The highest BCUT2D eigenvalue weighted by molar-refractivity contribution is 5.84. The first-order valence-corrected chi connectivity index (χ1v) is 9.37. The lowest BCUT2D eigenvalue weighted by Gasteiger charge is -2.36. The molecule has 3 rings (SSSR count). The zero-order valence-corrected chi connectivity index (χ0v) is 15.6. The number of nitrogens with two attached hydrogens (primary N) is 1. The molecule has 1 aliphatic heterocycles. The van der Waals surface area contributed by atoms with E-state index in [-0.39, 0.29) is 11.9 Å². The molecule has 1 unspecified atom stereocenters. The average molecular weight is 355 g/mol. The van der Waals surface area contributed by atoms with Gasteiger partial charge in [-0.15, -0.1) is 0 Å². The van der Waals surface area contributed by atoms with Gasteiger partial charge in [0.1, 0.15) is 5.54 Å². The molecule has 140 valence electrons. The van der Waals surface area contributed by atoms with E-state index in [2.05, 4.69) is 53.8 Å². The van der Waals surface area contributed by atoms with Gasteiger partial charge >= 0.3 is 0 Å². The highest BCUT2D eigenvalue weighted by Gasteiger charge is 2.41. The SMILES string of the molecule is CC(C)c1ccc(C(N)CNC(=O)C2(n3cccn3)CCNCC2)cc1. The zero-order chi connectivity index (χ0) is 18.6. The monoisotopic (exact) mass is 355 g/mol. The summed E-state index contributed by atoms with van der Waals surface area (Å²) in [4.78, 5) is 13.0. The van der Waals surface area contributed by atoms with Gasteiger partial charge in [0.2, 0.25) is 5.91 Å². The van der Waals surface area contributed by atoms with Gasteiger partial charge < -0.3 is 16.4 Å². The first-order chi connectivity index (χ1) is 12.5. The van der Waals surface area contributed by atoms with Gasteiger partial charge in [-0.1, -0.05) is 38.1 Å². The lowest BCUT2D eigenvalue weighted by atomic mass is 9.87. The Labute approximate surface area is 155 Å². The third kappa shape index (κ3) is 3.81. The van der Waals surface area contributed by atoms with Gasteiger partial charge in [-0.25, -0.2) is 0 Å². The highest BCUT2D eigenvalue weighted by Crippen LogP contribution is 2.27. The highest BCUT2D eigenvalue weighted by atomic mass is 16.2. The summed E-state index contributed by atoms with van der Waals surface area (Å²) in [5, 5.41) is 10.7. The number of hydrogen-bond acceptors (Lipinski definition) is 4. The molecule has 1 aliphatic rings. The minimum atomic E-state index is -0.629. The van der Waals surface area contributed by atoms with Crippen LogP contribution in [0.15, 0.2) is 42.7 Å². The van der Waals surface area contributed by atoms with E-state index in [1.54, 1.807) is 10.9 Å². The molecule has 0 saturated carbocycles. The van der Waals surface area contributed by atoms with Crippen LogP contribution in [0, 0.1) is 0 Å². The molecule has 6 nitrogen and oxygen atoms in total. The van der Waals surface area contributed by atoms with E-state index in [4.69, 9.17) is 5.73 Å². The molecule has 0 spiro atoms. The third-order valence-corrected chi connectivity index (χ3v) is 5.31. The fraction of sp³-hybridized carbons (Fsp3) is 0.500. The largest absolute Gasteiger partial charge is 0.352 e. The topological polar surface area (TPSA) is 85.0 Å². The number of amides is 1. The lowest BCUT2D eigenvalue weighted by molar-refractivity contribution is -0.132. The normalized spacial score (nSPS) is 17.8. The van der Waals surface area contributed by atoms with E-state index in [0.29, 0.717) is 12.5 Å². The molecule has 6 heteroatoms. The third-order valence-electron chi connectivity index (χ3n) is 5.31. The number of rotatable bonds is 6. The Kier molecular flexibility index (Phi) is 5.74. The Morgan fingerprint density at radius 2 is 1.92 bits per heavy atom. The Hall–Kier alpha value is -2.18. The summed E-state index contributed by atoms with van der Waals surface area (Å²) in [5.74, 6) is 0.491. The van der Waals surface area contributed by atoms with Gasteiger partial charge in [-0.3, -0.25) is 9.48 Å². The quantitative estimate of drug-likeness (QED) is 0.739. The molecule has 2 heterocycles. The van der Waals surface area contributed by atoms with Gasteiger partial charge in [0.15, 0.2) is 0 Å². The smallest absolute Gasteiger partial charge is 0.248 e. The van der Waals surface area contributed by atoms with Crippen LogP contribution >= 0.6 is 0 Å². The van der Waals surface area contributed by atoms with Crippen molar-refractivity contribution in [3.8, 4) is 0 Å². The predicted molar refractivity (Wildman–Crippen MR) is 103 cm³/mol. The standard InChI is InChI=1S/C20H29N5O/c1-15(2)16-4-6-17(7-5-16)18(21)14-23-19(26)20(8-11-22-12-9-20)25-13-3-10-24-25/h3-7,10,13,15,18,22H,8-9,11-12,14,21H2,1-2H3,(H,23,26). The minimum absolute atomic E-state index is 0.00282. The summed E-state index contributed by atoms with van der Waals surface area (Å²) < 4.78 is 1.80. The van der Waals surface area contributed by atoms with Crippen molar-refractivity contribution in [2.24, 2.45) is 5.73 Å². The number of nitrogens with one attached hydrogen (secondary N) is 2. The number of hydrogen-bond donors (Lipinski definition) is 3. The van der Waals surface area contributed by atoms with Crippen molar-refractivity contribution in [1.29, 1.82) is 0 Å². The van der Waals surface area contributed by atoms with E-state index in [1.807, 2.05) is 12.3 Å². The van der Waals surface area contributed by atoms with Crippen LogP contribution in [0.25, 0.3) is 0 Å². The first kappa shape index (κ1) is 18.6. The van der Waals surface area contributed by atoms with Crippen LogP contribution < -0.4 is 16.4 Å². The van der Waals surface area contributed by atoms with Crippen molar-refractivity contribution in [3.05, 3.63) is 53.9 Å². The Morgan fingerprint density at radius 3 is 2.50 bits per heavy atom. The summed E-state index contributed by atoms with van der Waals surface area (Å²) in [5.41, 5.74) is 8.01. The maximum Gasteiger partial charge on any atom is 0.248 e. The maximum atomic E-state index is 13.0. The van der Waals surface area contributed by atoms with Crippen molar-refractivity contribution in [1.82, 2.24) is 20.4 Å². The number of nitrogens with zero attached hydrogens (tertiary/aromatic N) is 2. The second kappa shape index (κ2) is 8.01. The molecule has 4 N–H and O–H groups in total. The van der Waals surface area contributed by atoms with Gasteiger partial charge in [0, 0.05) is 25.0 Å². The summed E-state index contributed by atoms with van der Waals surface area (Å²) >= 11 is 0. The first-order valence-electron chi connectivity index (χ1n) is 9.37. The van der Waals surface area contributed by atoms with Crippen molar-refractivity contribution in [3.63, 3.8) is 0 Å². The zero-order valence-electron chi connectivity index (χ0n) is 15.6. The molecule has 1 aromatic heterocycles. The van der Waals surface area contributed by atoms with Gasteiger partial charge in [-0.05, 0) is 49.0 Å². The van der Waals surface area contributed by atoms with Crippen LogP contribution in [0.1, 0.15) is 49.8 Å². The van der Waals surface area contributed by atoms with Crippen LogP contribution in [-0.4, -0.2) is 35.3 Å². The second-order valence-corrected chi connectivity index (χ2v) is 7.37. The summed E-state index contributed by atoms with van der Waals surface area (Å²) in [6, 6.07) is 9.97. The number of carbonyl (C=O) groups is 1. The summed E-state index contributed by atoms with van der Waals surface area (Å²) in [7, 11) is 0. The predicted octanol–water partition coefficient (Wildman–Crippen LogP) is 1.90. The van der Waals surface area contributed by atoms with Gasteiger partial charge in [0.05, 0.1) is 0 Å². The molecular formula is C20H29N5O. The number of carbonyl (C=O) groups excluding carboxylic acids is 1. The molecule has 1 aromatic carbocycles. The maximum absolute atomic E-state index is 13.0. The second-order valence-electron chi connectivity index (χ2n) is 7.37. The molecule has 1 fully saturated rings. The molecule has 2 aromatic rings. The molecule has 1 atom stereocenters. The van der Waals surface area contributed by atoms with E-state index < -0.39 is 5.54 Å². The molecule has 1 amide bonds. The van der Waals surface area contributed by atoms with Crippen LogP contribution in [0.4, 0.5) is 0 Å². The fourth-order valence-electron chi connectivity index (χ4n) is 3.54. The Bertz CT molecular complexity index is 702. The van der Waals surface area contributed by atoms with Crippen molar-refractivity contribution in [2.75, 3.05) is 19.6 Å². The van der Waals surface area contributed by atoms with Gasteiger partial charge in [-0.2, -0.15) is 5.10 Å². The minimum Gasteiger partial charge on any atom is -0.352 e. The Morgan fingerprint density at radius 1 is 1.27 bits per heavy atom. The number of benzene rings is 1. The van der Waals surface area contributed by atoms with Crippen molar-refractivity contribution < 1.29 is 4.79 Å².